The molecule has 4 aromatic rings. The minimum absolute atomic E-state index is 0.273. The monoisotopic (exact) mass is 350 g/mol. The topological polar surface area (TPSA) is 43.6 Å². The van der Waals surface area contributed by atoms with Gasteiger partial charge in [0.25, 0.3) is 0 Å². The Balaban J connectivity index is 1.96. The summed E-state index contributed by atoms with van der Waals surface area (Å²) in [6.45, 7) is 3.74. The highest BCUT2D eigenvalue weighted by Crippen LogP contribution is 2.28. The van der Waals surface area contributed by atoms with Crippen LogP contribution in [0.2, 0.25) is 5.02 Å². The molecular weight excluding hydrogens is 339 g/mol. The summed E-state index contributed by atoms with van der Waals surface area (Å²) in [5.41, 5.74) is 4.00. The van der Waals surface area contributed by atoms with Crippen molar-refractivity contribution in [3.63, 3.8) is 0 Å². The fourth-order valence-corrected chi connectivity index (χ4v) is 2.83. The largest absolute Gasteiger partial charge is 0.253 e. The molecule has 6 heteroatoms. The summed E-state index contributed by atoms with van der Waals surface area (Å²) in [6, 6.07) is 11.9. The summed E-state index contributed by atoms with van der Waals surface area (Å²) in [5.74, 6) is -0.412. The molecule has 4 rings (SSSR count). The fourth-order valence-electron chi connectivity index (χ4n) is 2.66. The van der Waals surface area contributed by atoms with Gasteiger partial charge in [-0.25, -0.2) is 9.07 Å². The van der Waals surface area contributed by atoms with Crippen molar-refractivity contribution in [1.29, 1.82) is 0 Å². The Hall–Kier alpha value is -3.05. The summed E-state index contributed by atoms with van der Waals surface area (Å²) in [7, 11) is 0. The summed E-state index contributed by atoms with van der Waals surface area (Å²) in [6.07, 6.45) is 4.89. The number of rotatable bonds is 3. The third kappa shape index (κ3) is 2.79. The highest BCUT2D eigenvalue weighted by molar-refractivity contribution is 6.30. The number of hydrogen-bond donors (Lipinski definition) is 0. The molecule has 0 aliphatic heterocycles. The number of fused-ring (bicyclic) bond motifs is 1. The lowest BCUT2D eigenvalue weighted by Crippen LogP contribution is -2.02. The van der Waals surface area contributed by atoms with Crippen LogP contribution in [0.3, 0.4) is 0 Å². The lowest BCUT2D eigenvalue weighted by molar-refractivity contribution is 0.611. The van der Waals surface area contributed by atoms with Crippen LogP contribution in [0.15, 0.2) is 61.4 Å². The van der Waals surface area contributed by atoms with E-state index in [2.05, 4.69) is 21.6 Å². The molecule has 0 saturated carbocycles. The Kier molecular flexibility index (Phi) is 3.78. The van der Waals surface area contributed by atoms with Gasteiger partial charge in [0.15, 0.2) is 0 Å². The molecule has 0 atom stereocenters. The normalized spacial score (nSPS) is 11.0. The SMILES string of the molecule is C=Cc1cc(-c2ccc3nccnc3c2)n(-c2cc(Cl)ccc2F)n1. The quantitative estimate of drug-likeness (QED) is 0.527. The highest BCUT2D eigenvalue weighted by Gasteiger charge is 2.15. The van der Waals surface area contributed by atoms with Crippen molar-refractivity contribution in [3.05, 3.63) is 78.0 Å². The van der Waals surface area contributed by atoms with Crippen LogP contribution in [0.4, 0.5) is 4.39 Å². The molecule has 0 saturated heterocycles. The van der Waals surface area contributed by atoms with Gasteiger partial charge in [0.2, 0.25) is 0 Å². The first-order valence-electron chi connectivity index (χ1n) is 7.55. The van der Waals surface area contributed by atoms with Crippen LogP contribution in [0.1, 0.15) is 5.69 Å². The maximum Gasteiger partial charge on any atom is 0.148 e. The second-order valence-corrected chi connectivity index (χ2v) is 5.86. The molecule has 2 aromatic carbocycles. The lowest BCUT2D eigenvalue weighted by Gasteiger charge is -2.09. The molecule has 25 heavy (non-hydrogen) atoms. The van der Waals surface area contributed by atoms with Gasteiger partial charge in [-0.05, 0) is 42.5 Å². The predicted molar refractivity (Wildman–Crippen MR) is 97.2 cm³/mol. The van der Waals surface area contributed by atoms with Gasteiger partial charge in [-0.15, -0.1) is 0 Å². The zero-order valence-corrected chi connectivity index (χ0v) is 13.8. The van der Waals surface area contributed by atoms with E-state index in [0.717, 1.165) is 16.6 Å². The lowest BCUT2D eigenvalue weighted by atomic mass is 10.1. The third-order valence-electron chi connectivity index (χ3n) is 3.84. The summed E-state index contributed by atoms with van der Waals surface area (Å²) in [5, 5.41) is 4.85. The van der Waals surface area contributed by atoms with E-state index >= 15 is 0 Å². The smallest absolute Gasteiger partial charge is 0.148 e. The van der Waals surface area contributed by atoms with Crippen molar-refractivity contribution in [2.45, 2.75) is 0 Å². The van der Waals surface area contributed by atoms with Crippen molar-refractivity contribution in [3.8, 4) is 16.9 Å². The maximum atomic E-state index is 14.3. The van der Waals surface area contributed by atoms with Gasteiger partial charge < -0.3 is 0 Å². The molecular formula is C19H12ClFN4. The Morgan fingerprint density at radius 1 is 1.00 bits per heavy atom. The molecule has 0 N–H and O–H groups in total. The summed E-state index contributed by atoms with van der Waals surface area (Å²) < 4.78 is 15.9. The minimum atomic E-state index is -0.412. The number of halogens is 2. The molecule has 0 fully saturated rings. The van der Waals surface area contributed by atoms with Gasteiger partial charge >= 0.3 is 0 Å². The zero-order chi connectivity index (χ0) is 17.4. The average molecular weight is 351 g/mol. The highest BCUT2D eigenvalue weighted by atomic mass is 35.5. The van der Waals surface area contributed by atoms with Crippen molar-refractivity contribution >= 4 is 28.7 Å². The van der Waals surface area contributed by atoms with Crippen molar-refractivity contribution in [1.82, 2.24) is 19.7 Å². The number of hydrogen-bond acceptors (Lipinski definition) is 3. The first-order valence-corrected chi connectivity index (χ1v) is 7.92. The van der Waals surface area contributed by atoms with Crippen LogP contribution in [0.25, 0.3) is 34.1 Å². The first kappa shape index (κ1) is 15.5. The molecule has 0 unspecified atom stereocenters. The van der Waals surface area contributed by atoms with Crippen LogP contribution in [-0.2, 0) is 0 Å². The Morgan fingerprint density at radius 2 is 1.80 bits per heavy atom. The number of aromatic nitrogens is 4. The minimum Gasteiger partial charge on any atom is -0.253 e. The third-order valence-corrected chi connectivity index (χ3v) is 4.07. The molecule has 0 amide bonds. The van der Waals surface area contributed by atoms with Crippen LogP contribution < -0.4 is 0 Å². The Morgan fingerprint density at radius 3 is 2.60 bits per heavy atom. The van der Waals surface area contributed by atoms with Gasteiger partial charge in [-0.2, -0.15) is 5.10 Å². The molecule has 4 nitrogen and oxygen atoms in total. The van der Waals surface area contributed by atoms with Crippen LogP contribution >= 0.6 is 11.6 Å². The molecule has 122 valence electrons. The van der Waals surface area contributed by atoms with Crippen molar-refractivity contribution < 1.29 is 4.39 Å². The van der Waals surface area contributed by atoms with Gasteiger partial charge in [-0.1, -0.05) is 24.2 Å². The first-order chi connectivity index (χ1) is 12.2. The number of nitrogens with zero attached hydrogens (tertiary/aromatic N) is 4. The molecule has 0 spiro atoms. The Labute approximate surface area is 148 Å². The van der Waals surface area contributed by atoms with E-state index in [0.29, 0.717) is 16.4 Å². The molecule has 0 bridgehead atoms. The molecule has 0 aliphatic rings. The van der Waals surface area contributed by atoms with Gasteiger partial charge in [0.1, 0.15) is 11.5 Å². The molecule has 0 radical (unpaired) electrons. The van der Waals surface area contributed by atoms with E-state index in [-0.39, 0.29) is 5.69 Å². The molecule has 0 aliphatic carbocycles. The molecule has 2 aromatic heterocycles. The van der Waals surface area contributed by atoms with Gasteiger partial charge in [0, 0.05) is 23.0 Å². The second-order valence-electron chi connectivity index (χ2n) is 5.43. The molecule has 2 heterocycles. The predicted octanol–water partition coefficient (Wildman–Crippen LogP) is 4.92. The van der Waals surface area contributed by atoms with E-state index in [1.165, 1.54) is 16.8 Å². The van der Waals surface area contributed by atoms with E-state index in [9.17, 15) is 4.39 Å². The van der Waals surface area contributed by atoms with E-state index in [1.54, 1.807) is 24.5 Å². The summed E-state index contributed by atoms with van der Waals surface area (Å²) in [4.78, 5) is 8.59. The van der Waals surface area contributed by atoms with E-state index in [4.69, 9.17) is 11.6 Å². The van der Waals surface area contributed by atoms with Crippen LogP contribution in [-0.4, -0.2) is 19.7 Å². The van der Waals surface area contributed by atoms with E-state index in [1.807, 2.05) is 24.3 Å². The van der Waals surface area contributed by atoms with Crippen molar-refractivity contribution in [2.24, 2.45) is 0 Å². The fraction of sp³-hybridized carbons (Fsp3) is 0. The number of benzene rings is 2. The second kappa shape index (κ2) is 6.11. The Bertz CT molecular complexity index is 1100. The van der Waals surface area contributed by atoms with Crippen LogP contribution in [0, 0.1) is 5.82 Å². The average Bonchev–Trinajstić information content (AvgIpc) is 3.07. The van der Waals surface area contributed by atoms with Gasteiger partial charge in [0.05, 0.1) is 22.4 Å². The maximum absolute atomic E-state index is 14.3. The standard InChI is InChI=1S/C19H12ClFN4/c1-2-14-11-18(12-3-6-16-17(9-12)23-8-7-22-16)25(24-14)19-10-13(20)4-5-15(19)21/h2-11H,1H2. The zero-order valence-electron chi connectivity index (χ0n) is 13.0. The van der Waals surface area contributed by atoms with Crippen molar-refractivity contribution in [2.75, 3.05) is 0 Å². The van der Waals surface area contributed by atoms with Gasteiger partial charge in [-0.3, -0.25) is 9.97 Å². The van der Waals surface area contributed by atoms with Crippen LogP contribution in [0.5, 0.6) is 0 Å². The summed E-state index contributed by atoms with van der Waals surface area (Å²) >= 11 is 6.04. The van der Waals surface area contributed by atoms with E-state index < -0.39 is 5.82 Å².